The number of nitrogens with zero attached hydrogens (tertiary/aromatic N) is 1. The summed E-state index contributed by atoms with van der Waals surface area (Å²) in [6, 6.07) is 16.9. The van der Waals surface area contributed by atoms with Gasteiger partial charge in [-0.15, -0.1) is 0 Å². The van der Waals surface area contributed by atoms with Crippen LogP contribution in [0.4, 0.5) is 11.4 Å². The number of hydrogen-bond donors (Lipinski definition) is 1. The van der Waals surface area contributed by atoms with E-state index >= 15 is 0 Å². The molecule has 1 aliphatic rings. The van der Waals surface area contributed by atoms with Crippen LogP contribution in [0.2, 0.25) is 0 Å². The molecule has 0 radical (unpaired) electrons. The number of rotatable bonds is 1. The average molecular weight is 339 g/mol. The van der Waals surface area contributed by atoms with E-state index < -0.39 is 0 Å². The molecule has 4 rings (SSSR count). The van der Waals surface area contributed by atoms with Crippen LogP contribution < -0.4 is 9.99 Å². The quantitative estimate of drug-likeness (QED) is 0.567. The van der Waals surface area contributed by atoms with Crippen molar-refractivity contribution in [1.82, 2.24) is 0 Å². The maximum Gasteiger partial charge on any atom is 0.135 e. The predicted molar refractivity (Wildman–Crippen MR) is 101 cm³/mol. The lowest BCUT2D eigenvalue weighted by Gasteiger charge is -2.33. The fraction of sp³-hybridized carbons (Fsp3) is 0.211. The Kier molecular flexibility index (Phi) is 3.39. The van der Waals surface area contributed by atoms with Crippen molar-refractivity contribution < 1.29 is 0 Å². The Hall–Kier alpha value is -1.91. The molecule has 4 heteroatoms. The Morgan fingerprint density at radius 3 is 2.48 bits per heavy atom. The van der Waals surface area contributed by atoms with Crippen molar-refractivity contribution in [3.05, 3.63) is 63.6 Å². The molecule has 2 aromatic carbocycles. The van der Waals surface area contributed by atoms with Gasteiger partial charge >= 0.3 is 0 Å². The van der Waals surface area contributed by atoms with Crippen molar-refractivity contribution in [2.45, 2.75) is 26.3 Å². The van der Waals surface area contributed by atoms with Crippen molar-refractivity contribution in [3.63, 3.8) is 0 Å². The van der Waals surface area contributed by atoms with Crippen LogP contribution in [0.3, 0.4) is 0 Å². The van der Waals surface area contributed by atoms with E-state index in [9.17, 15) is 0 Å². The molecule has 0 unspecified atom stereocenters. The lowest BCUT2D eigenvalue weighted by atomic mass is 9.90. The maximum absolute atomic E-state index is 4.92. The maximum atomic E-state index is 4.92. The zero-order valence-electron chi connectivity index (χ0n) is 13.4. The van der Waals surface area contributed by atoms with Crippen LogP contribution >= 0.6 is 20.7 Å². The summed E-state index contributed by atoms with van der Waals surface area (Å²) in [6.45, 7) is 6.57. The molecule has 0 fully saturated rings. The number of benzene rings is 2. The predicted octanol–water partition coefficient (Wildman–Crippen LogP) is 5.68. The van der Waals surface area contributed by atoms with Crippen molar-refractivity contribution >= 4 is 32.1 Å². The van der Waals surface area contributed by atoms with Crippen LogP contribution in [0.15, 0.2) is 53.5 Å². The zero-order chi connectivity index (χ0) is 16.0. The number of anilines is 1. The summed E-state index contributed by atoms with van der Waals surface area (Å²) in [7, 11) is 3.60. The number of nitrogens with one attached hydrogen (secondary N) is 1. The minimum atomic E-state index is -0.0636. The molecule has 0 amide bonds. The Morgan fingerprint density at radius 1 is 0.957 bits per heavy atom. The molecule has 0 saturated heterocycles. The topological polar surface area (TPSA) is 24.4 Å². The summed E-state index contributed by atoms with van der Waals surface area (Å²) < 4.78 is 1.11. The second-order valence-corrected chi connectivity index (χ2v) is 8.55. The first-order chi connectivity index (χ1) is 11.0. The third-order valence-electron chi connectivity index (χ3n) is 4.12. The molecule has 0 saturated carbocycles. The van der Waals surface area contributed by atoms with Gasteiger partial charge in [-0.2, -0.15) is 0 Å². The van der Waals surface area contributed by atoms with Crippen molar-refractivity contribution in [3.8, 4) is 11.1 Å². The summed E-state index contributed by atoms with van der Waals surface area (Å²) in [6.07, 6.45) is 0. The Bertz CT molecular complexity index is 931. The Balaban J connectivity index is 1.96. The van der Waals surface area contributed by atoms with E-state index in [-0.39, 0.29) is 5.54 Å². The van der Waals surface area contributed by atoms with Crippen LogP contribution in [-0.2, 0) is 5.54 Å². The number of hydrogen-bond acceptors (Lipinski definition) is 4. The highest BCUT2D eigenvalue weighted by molar-refractivity contribution is 7.68. The first-order valence-electron chi connectivity index (χ1n) is 7.67. The molecule has 0 spiro atoms. The summed E-state index contributed by atoms with van der Waals surface area (Å²) in [5.41, 5.74) is 5.95. The van der Waals surface area contributed by atoms with Gasteiger partial charge in [-0.05, 0) is 39.0 Å². The molecule has 1 aliphatic heterocycles. The lowest BCUT2D eigenvalue weighted by molar-refractivity contribution is 0.619. The molecule has 2 nitrogen and oxygen atoms in total. The van der Waals surface area contributed by atoms with E-state index in [1.165, 1.54) is 27.3 Å². The summed E-state index contributed by atoms with van der Waals surface area (Å²) in [5, 5.41) is 3.65. The molecule has 0 aliphatic carbocycles. The standard InChI is InChI=1S/C19H18N2S2/c1-12-8-10-13(11-9-12)20-18-16-14-6-4-5-7-15(14)21-19(2,3)17(16)22-23-18/h4-11,21H,1-3H3. The van der Waals surface area contributed by atoms with E-state index in [4.69, 9.17) is 4.99 Å². The van der Waals surface area contributed by atoms with E-state index in [0.717, 1.165) is 10.4 Å². The number of para-hydroxylation sites is 1. The van der Waals surface area contributed by atoms with Crippen LogP contribution in [-0.4, -0.2) is 0 Å². The minimum Gasteiger partial charge on any atom is -0.375 e. The molecule has 0 atom stereocenters. The lowest BCUT2D eigenvalue weighted by Crippen LogP contribution is -2.31. The van der Waals surface area contributed by atoms with Gasteiger partial charge in [0.1, 0.15) is 4.67 Å². The van der Waals surface area contributed by atoms with Gasteiger partial charge in [-0.25, -0.2) is 4.99 Å². The number of fused-ring (bicyclic) bond motifs is 3. The van der Waals surface area contributed by atoms with Gasteiger partial charge in [-0.3, -0.25) is 0 Å². The largest absolute Gasteiger partial charge is 0.375 e. The van der Waals surface area contributed by atoms with E-state index in [1.54, 1.807) is 10.3 Å². The molecular weight excluding hydrogens is 320 g/mol. The fourth-order valence-electron chi connectivity index (χ4n) is 2.93. The fourth-order valence-corrected chi connectivity index (χ4v) is 5.87. The van der Waals surface area contributed by atoms with Gasteiger partial charge in [-0.1, -0.05) is 56.6 Å². The second kappa shape index (κ2) is 5.32. The van der Waals surface area contributed by atoms with Gasteiger partial charge in [0.15, 0.2) is 0 Å². The average Bonchev–Trinajstić information content (AvgIpc) is 2.94. The minimum absolute atomic E-state index is 0.0636. The monoisotopic (exact) mass is 338 g/mol. The van der Waals surface area contributed by atoms with Crippen LogP contribution in [0.5, 0.6) is 0 Å². The highest BCUT2D eigenvalue weighted by atomic mass is 32.9. The van der Waals surface area contributed by atoms with E-state index in [2.05, 4.69) is 74.6 Å². The molecule has 23 heavy (non-hydrogen) atoms. The second-order valence-electron chi connectivity index (χ2n) is 6.42. The first-order valence-corrected chi connectivity index (χ1v) is 9.82. The molecule has 2 heterocycles. The number of aryl methyl sites for hydroxylation is 1. The SMILES string of the molecule is Cc1ccc(N=c2ssc3c2-c2ccccc2NC3(C)C)cc1. The van der Waals surface area contributed by atoms with Crippen molar-refractivity contribution in [1.29, 1.82) is 0 Å². The molecule has 116 valence electrons. The van der Waals surface area contributed by atoms with Gasteiger partial charge in [0.05, 0.1) is 16.1 Å². The van der Waals surface area contributed by atoms with Crippen LogP contribution in [0, 0.1) is 6.92 Å². The van der Waals surface area contributed by atoms with E-state index in [0.29, 0.717) is 0 Å². The first kappa shape index (κ1) is 14.7. The van der Waals surface area contributed by atoms with Gasteiger partial charge in [0.2, 0.25) is 0 Å². The molecule has 1 N–H and O–H groups in total. The normalized spacial score (nSPS) is 15.7. The van der Waals surface area contributed by atoms with Crippen molar-refractivity contribution in [2.75, 3.05) is 5.32 Å². The summed E-state index contributed by atoms with van der Waals surface area (Å²) in [5.74, 6) is 0. The van der Waals surface area contributed by atoms with Crippen molar-refractivity contribution in [2.24, 2.45) is 4.99 Å². The molecule has 1 aromatic heterocycles. The third kappa shape index (κ3) is 2.52. The zero-order valence-corrected chi connectivity index (χ0v) is 15.0. The van der Waals surface area contributed by atoms with Crippen LogP contribution in [0.25, 0.3) is 11.1 Å². The summed E-state index contributed by atoms with van der Waals surface area (Å²) >= 11 is 0. The molecule has 3 aromatic rings. The molecule has 0 bridgehead atoms. The van der Waals surface area contributed by atoms with Gasteiger partial charge in [0, 0.05) is 16.8 Å². The smallest absolute Gasteiger partial charge is 0.135 e. The van der Waals surface area contributed by atoms with Gasteiger partial charge in [0.25, 0.3) is 0 Å². The highest BCUT2D eigenvalue weighted by Gasteiger charge is 2.33. The Morgan fingerprint density at radius 2 is 1.70 bits per heavy atom. The molecular formula is C19H18N2S2. The third-order valence-corrected chi connectivity index (χ3v) is 6.76. The van der Waals surface area contributed by atoms with E-state index in [1.807, 2.05) is 10.3 Å². The Labute approximate surface area is 143 Å². The van der Waals surface area contributed by atoms with Crippen LogP contribution in [0.1, 0.15) is 24.3 Å². The van der Waals surface area contributed by atoms with Gasteiger partial charge < -0.3 is 5.32 Å². The summed E-state index contributed by atoms with van der Waals surface area (Å²) in [4.78, 5) is 6.29. The highest BCUT2D eigenvalue weighted by Crippen LogP contribution is 2.45.